The summed E-state index contributed by atoms with van der Waals surface area (Å²) in [6, 6.07) is 6.72. The summed E-state index contributed by atoms with van der Waals surface area (Å²) in [6.45, 7) is 10.9. The Hall–Kier alpha value is -2.72. The van der Waals surface area contributed by atoms with Crippen molar-refractivity contribution in [1.82, 2.24) is 16.0 Å². The Kier molecular flexibility index (Phi) is 9.40. The first-order valence-electron chi connectivity index (χ1n) is 11.5. The number of piperazine rings is 1. The minimum absolute atomic E-state index is 0.0158. The molecule has 1 aromatic carbocycles. The van der Waals surface area contributed by atoms with Crippen LogP contribution >= 0.6 is 0 Å². The van der Waals surface area contributed by atoms with Crippen molar-refractivity contribution in [3.8, 4) is 0 Å². The lowest BCUT2D eigenvalue weighted by molar-refractivity contribution is -0.146. The second-order valence-corrected chi connectivity index (χ2v) is 14.9. The fourth-order valence-corrected chi connectivity index (χ4v) is 4.35. The van der Waals surface area contributed by atoms with E-state index in [4.69, 9.17) is 9.16 Å². The quantitative estimate of drug-likeness (QED) is 0.338. The van der Waals surface area contributed by atoms with Gasteiger partial charge in [-0.05, 0) is 23.7 Å². The van der Waals surface area contributed by atoms with Crippen molar-refractivity contribution < 1.29 is 28.3 Å². The van der Waals surface area contributed by atoms with Gasteiger partial charge in [0.1, 0.15) is 18.1 Å². The first-order chi connectivity index (χ1) is 15.8. The van der Waals surface area contributed by atoms with Gasteiger partial charge >= 0.3 is 5.97 Å². The van der Waals surface area contributed by atoms with E-state index in [1.807, 2.05) is 30.3 Å². The Morgan fingerprint density at radius 1 is 1.06 bits per heavy atom. The van der Waals surface area contributed by atoms with Crippen molar-refractivity contribution in [3.05, 3.63) is 35.9 Å². The molecule has 1 aliphatic rings. The molecule has 3 N–H and O–H groups in total. The number of hydrogen-bond acceptors (Lipinski definition) is 6. The Morgan fingerprint density at radius 3 is 2.24 bits per heavy atom. The second kappa shape index (κ2) is 11.6. The van der Waals surface area contributed by atoms with Gasteiger partial charge in [0.05, 0.1) is 13.5 Å². The molecule has 10 heteroatoms. The van der Waals surface area contributed by atoms with Crippen LogP contribution in [-0.2, 0) is 34.8 Å². The summed E-state index contributed by atoms with van der Waals surface area (Å²) in [7, 11) is -0.761. The first kappa shape index (κ1) is 27.5. The first-order valence-corrected chi connectivity index (χ1v) is 14.4. The lowest BCUT2D eigenvalue weighted by Crippen LogP contribution is -2.63. The summed E-state index contributed by atoms with van der Waals surface area (Å²) < 4.78 is 10.9. The molecule has 0 spiro atoms. The minimum Gasteiger partial charge on any atom is -0.467 e. The molecule has 1 aromatic rings. The molecule has 34 heavy (non-hydrogen) atoms. The number of benzene rings is 1. The molecule has 3 atom stereocenters. The number of hydrogen-bond donors (Lipinski definition) is 3. The van der Waals surface area contributed by atoms with Crippen LogP contribution in [0.4, 0.5) is 0 Å². The van der Waals surface area contributed by atoms with E-state index in [1.165, 1.54) is 7.11 Å². The van der Waals surface area contributed by atoms with Crippen molar-refractivity contribution in [3.63, 3.8) is 0 Å². The fraction of sp³-hybridized carbons (Fsp3) is 0.583. The summed E-state index contributed by atoms with van der Waals surface area (Å²) in [5, 5.41) is 7.93. The summed E-state index contributed by atoms with van der Waals surface area (Å²) >= 11 is 0. The number of esters is 1. The Labute approximate surface area is 202 Å². The van der Waals surface area contributed by atoms with Crippen LogP contribution in [0.3, 0.4) is 0 Å². The van der Waals surface area contributed by atoms with E-state index in [0.29, 0.717) is 13.0 Å². The standard InChI is InChI=1S/C24H37N3O6Si/c1-24(2,3)34(5,6)33-13-12-17(23(31)32-4)25-20(28)15-19-22(30)26-18(21(29)27-19)14-16-10-8-7-9-11-16/h7-11,17-19H,12-15H2,1-6H3,(H,25,28)(H,26,30)(H,27,29)/t17-,18+,19+/m1/s1. The molecule has 0 bridgehead atoms. The second-order valence-electron chi connectivity index (χ2n) is 10.1. The zero-order valence-corrected chi connectivity index (χ0v) is 21.9. The van der Waals surface area contributed by atoms with Crippen LogP contribution in [0, 0.1) is 0 Å². The molecule has 3 amide bonds. The van der Waals surface area contributed by atoms with Gasteiger partial charge < -0.3 is 25.1 Å². The molecule has 2 rings (SSSR count). The Morgan fingerprint density at radius 2 is 1.65 bits per heavy atom. The van der Waals surface area contributed by atoms with Crippen molar-refractivity contribution >= 4 is 32.0 Å². The molecular weight excluding hydrogens is 454 g/mol. The van der Waals surface area contributed by atoms with Gasteiger partial charge in [0, 0.05) is 19.4 Å². The van der Waals surface area contributed by atoms with Gasteiger partial charge in [0.2, 0.25) is 17.7 Å². The zero-order chi connectivity index (χ0) is 25.5. The van der Waals surface area contributed by atoms with Crippen LogP contribution < -0.4 is 16.0 Å². The van der Waals surface area contributed by atoms with Gasteiger partial charge in [0.25, 0.3) is 0 Å². The molecule has 9 nitrogen and oxygen atoms in total. The Balaban J connectivity index is 1.90. The molecule has 1 fully saturated rings. The van der Waals surface area contributed by atoms with Gasteiger partial charge in [-0.15, -0.1) is 0 Å². The number of ether oxygens (including phenoxy) is 1. The molecule has 1 aliphatic heterocycles. The fourth-order valence-electron chi connectivity index (χ4n) is 3.29. The van der Waals surface area contributed by atoms with Crippen LogP contribution in [0.25, 0.3) is 0 Å². The Bertz CT molecular complexity index is 884. The van der Waals surface area contributed by atoms with E-state index in [1.54, 1.807) is 0 Å². The normalized spacial score (nSPS) is 19.6. The number of rotatable bonds is 10. The summed E-state index contributed by atoms with van der Waals surface area (Å²) in [6.07, 6.45) is 0.315. The summed E-state index contributed by atoms with van der Waals surface area (Å²) in [4.78, 5) is 49.8. The number of carbonyl (C=O) groups excluding carboxylic acids is 4. The summed E-state index contributed by atoms with van der Waals surface area (Å²) in [5.41, 5.74) is 0.917. The SMILES string of the molecule is COC(=O)[C@@H](CCO[Si](C)(C)C(C)(C)C)NC(=O)C[C@@H]1NC(=O)[C@H](Cc2ccccc2)NC1=O. The van der Waals surface area contributed by atoms with E-state index in [-0.39, 0.29) is 23.8 Å². The third-order valence-electron chi connectivity index (χ3n) is 6.43. The highest BCUT2D eigenvalue weighted by molar-refractivity contribution is 6.74. The number of nitrogens with one attached hydrogen (secondary N) is 3. The monoisotopic (exact) mass is 491 g/mol. The highest BCUT2D eigenvalue weighted by Gasteiger charge is 2.38. The van der Waals surface area contributed by atoms with Gasteiger partial charge in [0.15, 0.2) is 8.32 Å². The summed E-state index contributed by atoms with van der Waals surface area (Å²) in [5.74, 6) is -1.92. The molecule has 0 radical (unpaired) electrons. The zero-order valence-electron chi connectivity index (χ0n) is 20.9. The molecule has 188 valence electrons. The van der Waals surface area contributed by atoms with Gasteiger partial charge in [-0.1, -0.05) is 51.1 Å². The van der Waals surface area contributed by atoms with E-state index in [2.05, 4.69) is 49.8 Å². The molecule has 0 aromatic heterocycles. The van der Waals surface area contributed by atoms with E-state index in [0.717, 1.165) is 5.56 Å². The average Bonchev–Trinajstić information content (AvgIpc) is 2.75. The maximum Gasteiger partial charge on any atom is 0.328 e. The van der Waals surface area contributed by atoms with Gasteiger partial charge in [-0.25, -0.2) is 4.79 Å². The average molecular weight is 492 g/mol. The van der Waals surface area contributed by atoms with Crippen LogP contribution in [-0.4, -0.2) is 63.9 Å². The van der Waals surface area contributed by atoms with Crippen LogP contribution in [0.2, 0.25) is 18.1 Å². The third-order valence-corrected chi connectivity index (χ3v) is 11.0. The predicted octanol–water partition coefficient (Wildman–Crippen LogP) is 1.67. The van der Waals surface area contributed by atoms with Crippen molar-refractivity contribution in [1.29, 1.82) is 0 Å². The van der Waals surface area contributed by atoms with E-state index < -0.39 is 44.2 Å². The number of amides is 3. The maximum atomic E-state index is 12.6. The largest absolute Gasteiger partial charge is 0.467 e. The van der Waals surface area contributed by atoms with Gasteiger partial charge in [-0.3, -0.25) is 14.4 Å². The van der Waals surface area contributed by atoms with Crippen LogP contribution in [0.15, 0.2) is 30.3 Å². The maximum absolute atomic E-state index is 12.6. The van der Waals surface area contributed by atoms with E-state index >= 15 is 0 Å². The van der Waals surface area contributed by atoms with E-state index in [9.17, 15) is 19.2 Å². The molecule has 0 unspecified atom stereocenters. The topological polar surface area (TPSA) is 123 Å². The van der Waals surface area contributed by atoms with Crippen molar-refractivity contribution in [2.75, 3.05) is 13.7 Å². The molecule has 1 heterocycles. The third kappa shape index (κ3) is 7.66. The van der Waals surface area contributed by atoms with Crippen molar-refractivity contribution in [2.24, 2.45) is 0 Å². The van der Waals surface area contributed by atoms with Crippen molar-refractivity contribution in [2.45, 2.75) is 76.3 Å². The lowest BCUT2D eigenvalue weighted by atomic mass is 10.0. The predicted molar refractivity (Wildman–Crippen MR) is 130 cm³/mol. The number of methoxy groups -OCH3 is 1. The van der Waals surface area contributed by atoms with Crippen LogP contribution in [0.5, 0.6) is 0 Å². The number of carbonyl (C=O) groups is 4. The minimum atomic E-state index is -2.01. The molecule has 1 saturated heterocycles. The lowest BCUT2D eigenvalue weighted by Gasteiger charge is -2.36. The smallest absolute Gasteiger partial charge is 0.328 e. The van der Waals surface area contributed by atoms with Crippen LogP contribution in [0.1, 0.15) is 39.2 Å². The molecular formula is C24H37N3O6Si. The highest BCUT2D eigenvalue weighted by atomic mass is 28.4. The highest BCUT2D eigenvalue weighted by Crippen LogP contribution is 2.36. The van der Waals surface area contributed by atoms with Gasteiger partial charge in [-0.2, -0.15) is 0 Å². The molecule has 0 aliphatic carbocycles. The molecule has 0 saturated carbocycles.